The highest BCUT2D eigenvalue weighted by molar-refractivity contribution is 7.91. The average molecular weight is 310 g/mol. The fourth-order valence-electron chi connectivity index (χ4n) is 2.14. The number of para-hydroxylation sites is 1. The lowest BCUT2D eigenvalue weighted by Gasteiger charge is -2.32. The van der Waals surface area contributed by atoms with Crippen LogP contribution in [0, 0.1) is 0 Å². The Morgan fingerprint density at radius 3 is 2.37 bits per heavy atom. The topological polar surface area (TPSA) is 37.4 Å². The molecule has 1 saturated heterocycles. The molecule has 0 amide bonds. The highest BCUT2D eigenvalue weighted by Crippen LogP contribution is 2.31. The summed E-state index contributed by atoms with van der Waals surface area (Å²) in [4.78, 5) is 1.49. The Labute approximate surface area is 116 Å². The fourth-order valence-corrected chi connectivity index (χ4v) is 3.29. The van der Waals surface area contributed by atoms with Crippen molar-refractivity contribution in [3.63, 3.8) is 0 Å². The number of hydrogen-bond donors (Lipinski definition) is 0. The smallest absolute Gasteiger partial charge is 0.341 e. The molecular formula is C12H14ClF2NO2S. The Hall–Kier alpha value is -0.880. The van der Waals surface area contributed by atoms with Gasteiger partial charge in [-0.3, -0.25) is 0 Å². The SMILES string of the molecule is O=S(=O)(c1ccccc1N1CCC(Cl)CC1)C(F)F. The minimum atomic E-state index is -4.58. The first-order chi connectivity index (χ1) is 8.93. The summed E-state index contributed by atoms with van der Waals surface area (Å²) in [6, 6.07) is 5.88. The Morgan fingerprint density at radius 1 is 1.21 bits per heavy atom. The van der Waals surface area contributed by atoms with Gasteiger partial charge in [-0.1, -0.05) is 12.1 Å². The number of hydrogen-bond acceptors (Lipinski definition) is 3. The minimum Gasteiger partial charge on any atom is -0.370 e. The summed E-state index contributed by atoms with van der Waals surface area (Å²) >= 11 is 5.98. The molecule has 0 saturated carbocycles. The van der Waals surface area contributed by atoms with Crippen LogP contribution in [0.25, 0.3) is 0 Å². The molecule has 3 nitrogen and oxygen atoms in total. The van der Waals surface area contributed by atoms with E-state index in [1.807, 2.05) is 0 Å². The van der Waals surface area contributed by atoms with E-state index in [0.29, 0.717) is 31.6 Å². The number of alkyl halides is 3. The van der Waals surface area contributed by atoms with Crippen LogP contribution in [0.4, 0.5) is 14.5 Å². The molecule has 0 aromatic heterocycles. The molecule has 1 aliphatic heterocycles. The zero-order valence-corrected chi connectivity index (χ0v) is 11.7. The van der Waals surface area contributed by atoms with Crippen LogP contribution in [0.15, 0.2) is 29.2 Å². The third kappa shape index (κ3) is 3.00. The van der Waals surface area contributed by atoms with Gasteiger partial charge in [0.1, 0.15) is 0 Å². The standard InChI is InChI=1S/C12H14ClF2NO2S/c13-9-5-7-16(8-6-9)10-3-1-2-4-11(10)19(17,18)12(14)15/h1-4,9,12H,5-8H2. The Bertz CT molecular complexity index is 542. The van der Waals surface area contributed by atoms with Crippen molar-refractivity contribution in [2.75, 3.05) is 18.0 Å². The third-order valence-electron chi connectivity index (χ3n) is 3.17. The van der Waals surface area contributed by atoms with E-state index in [1.165, 1.54) is 12.1 Å². The van der Waals surface area contributed by atoms with Gasteiger partial charge in [-0.2, -0.15) is 8.78 Å². The van der Waals surface area contributed by atoms with Gasteiger partial charge < -0.3 is 4.90 Å². The lowest BCUT2D eigenvalue weighted by molar-refractivity contribution is 0.235. The van der Waals surface area contributed by atoms with Crippen LogP contribution in [-0.2, 0) is 9.84 Å². The first-order valence-corrected chi connectivity index (χ1v) is 7.91. The van der Waals surface area contributed by atoms with E-state index in [0.717, 1.165) is 0 Å². The van der Waals surface area contributed by atoms with Crippen molar-refractivity contribution in [1.29, 1.82) is 0 Å². The van der Waals surface area contributed by atoms with Gasteiger partial charge in [0.2, 0.25) is 9.84 Å². The number of anilines is 1. The van der Waals surface area contributed by atoms with Crippen LogP contribution in [-0.4, -0.2) is 32.6 Å². The summed E-state index contributed by atoms with van der Waals surface area (Å²) in [7, 11) is -4.58. The van der Waals surface area contributed by atoms with Gasteiger partial charge in [0, 0.05) is 18.5 Å². The van der Waals surface area contributed by atoms with Gasteiger partial charge >= 0.3 is 5.76 Å². The maximum atomic E-state index is 12.7. The van der Waals surface area contributed by atoms with E-state index in [9.17, 15) is 17.2 Å². The molecule has 1 heterocycles. The Morgan fingerprint density at radius 2 is 1.79 bits per heavy atom. The molecule has 0 radical (unpaired) electrons. The van der Waals surface area contributed by atoms with Gasteiger partial charge in [-0.25, -0.2) is 8.42 Å². The zero-order chi connectivity index (χ0) is 14.0. The first-order valence-electron chi connectivity index (χ1n) is 5.93. The van der Waals surface area contributed by atoms with Crippen molar-refractivity contribution in [2.45, 2.75) is 28.9 Å². The maximum Gasteiger partial charge on any atom is 0.341 e. The van der Waals surface area contributed by atoms with Gasteiger partial charge in [-0.15, -0.1) is 11.6 Å². The van der Waals surface area contributed by atoms with E-state index in [-0.39, 0.29) is 10.3 Å². The molecule has 1 aromatic carbocycles. The summed E-state index contributed by atoms with van der Waals surface area (Å²) < 4.78 is 48.7. The van der Waals surface area contributed by atoms with E-state index in [2.05, 4.69) is 0 Å². The van der Waals surface area contributed by atoms with Crippen molar-refractivity contribution in [3.8, 4) is 0 Å². The van der Waals surface area contributed by atoms with Crippen molar-refractivity contribution in [2.24, 2.45) is 0 Å². The summed E-state index contributed by atoms with van der Waals surface area (Å²) in [6.45, 7) is 1.15. The molecular weight excluding hydrogens is 296 g/mol. The summed E-state index contributed by atoms with van der Waals surface area (Å²) in [5.74, 6) is -3.40. The van der Waals surface area contributed by atoms with Crippen molar-refractivity contribution in [1.82, 2.24) is 0 Å². The van der Waals surface area contributed by atoms with Crippen LogP contribution < -0.4 is 4.90 Å². The molecule has 0 N–H and O–H groups in total. The highest BCUT2D eigenvalue weighted by atomic mass is 35.5. The van der Waals surface area contributed by atoms with Crippen molar-refractivity contribution in [3.05, 3.63) is 24.3 Å². The summed E-state index contributed by atoms with van der Waals surface area (Å²) in [6.07, 6.45) is 1.43. The Kier molecular flexibility index (Phi) is 4.30. The molecule has 0 spiro atoms. The second kappa shape index (κ2) is 5.63. The monoisotopic (exact) mass is 309 g/mol. The summed E-state index contributed by atoms with van der Waals surface area (Å²) in [5, 5.41) is 0.0649. The van der Waals surface area contributed by atoms with Gasteiger partial charge in [0.15, 0.2) is 0 Å². The quantitative estimate of drug-likeness (QED) is 0.806. The van der Waals surface area contributed by atoms with Crippen LogP contribution >= 0.6 is 11.6 Å². The zero-order valence-electron chi connectivity index (χ0n) is 10.1. The normalized spacial score (nSPS) is 18.0. The number of benzene rings is 1. The van der Waals surface area contributed by atoms with E-state index in [4.69, 9.17) is 11.6 Å². The predicted octanol–water partition coefficient (Wildman–Crippen LogP) is 2.89. The second-order valence-electron chi connectivity index (χ2n) is 4.44. The highest BCUT2D eigenvalue weighted by Gasteiger charge is 2.31. The number of halogens is 3. The van der Waals surface area contributed by atoms with Gasteiger partial charge in [0.25, 0.3) is 0 Å². The van der Waals surface area contributed by atoms with Crippen molar-refractivity contribution < 1.29 is 17.2 Å². The van der Waals surface area contributed by atoms with Gasteiger partial charge in [-0.05, 0) is 25.0 Å². The third-order valence-corrected chi connectivity index (χ3v) is 5.04. The number of sulfone groups is 1. The Balaban J connectivity index is 2.37. The van der Waals surface area contributed by atoms with Gasteiger partial charge in [0.05, 0.1) is 10.6 Å². The molecule has 19 heavy (non-hydrogen) atoms. The van der Waals surface area contributed by atoms with Crippen LogP contribution in [0.5, 0.6) is 0 Å². The largest absolute Gasteiger partial charge is 0.370 e. The predicted molar refractivity (Wildman–Crippen MR) is 70.7 cm³/mol. The average Bonchev–Trinajstić information content (AvgIpc) is 2.39. The molecule has 2 rings (SSSR count). The number of rotatable bonds is 3. The molecule has 1 aliphatic rings. The van der Waals surface area contributed by atoms with Crippen LogP contribution in [0.3, 0.4) is 0 Å². The first kappa shape index (κ1) is 14.5. The molecule has 7 heteroatoms. The van der Waals surface area contributed by atoms with E-state index >= 15 is 0 Å². The van der Waals surface area contributed by atoms with Crippen LogP contribution in [0.1, 0.15) is 12.8 Å². The molecule has 1 aromatic rings. The van der Waals surface area contributed by atoms with Crippen LogP contribution in [0.2, 0.25) is 0 Å². The van der Waals surface area contributed by atoms with E-state index in [1.54, 1.807) is 17.0 Å². The molecule has 0 bridgehead atoms. The fraction of sp³-hybridized carbons (Fsp3) is 0.500. The molecule has 1 fully saturated rings. The number of nitrogens with zero attached hydrogens (tertiary/aromatic N) is 1. The lowest BCUT2D eigenvalue weighted by Crippen LogP contribution is -2.35. The maximum absolute atomic E-state index is 12.7. The molecule has 0 aliphatic carbocycles. The molecule has 0 unspecified atom stereocenters. The second-order valence-corrected chi connectivity index (χ2v) is 6.94. The number of piperidine rings is 1. The van der Waals surface area contributed by atoms with E-state index < -0.39 is 15.6 Å². The summed E-state index contributed by atoms with van der Waals surface area (Å²) in [5.41, 5.74) is 0.339. The molecule has 106 valence electrons. The molecule has 0 atom stereocenters. The van der Waals surface area contributed by atoms with Crippen molar-refractivity contribution >= 4 is 27.1 Å². The minimum absolute atomic E-state index is 0.0649. The lowest BCUT2D eigenvalue weighted by atomic mass is 10.1.